The molecule has 1 N–H and O–H groups in total. The minimum absolute atomic E-state index is 0.00370. The fraction of sp³-hybridized carbons (Fsp3) is 0.909. The molecule has 17 heavy (non-hydrogen) atoms. The van der Waals surface area contributed by atoms with E-state index in [2.05, 4.69) is 4.74 Å². The van der Waals surface area contributed by atoms with E-state index in [9.17, 15) is 18.7 Å². The van der Waals surface area contributed by atoms with Crippen LogP contribution in [0.25, 0.3) is 0 Å². The molecule has 1 aliphatic heterocycles. The second-order valence-electron chi connectivity index (χ2n) is 4.94. The topological polar surface area (TPSA) is 46.5 Å². The molecule has 2 fully saturated rings. The fourth-order valence-electron chi connectivity index (χ4n) is 2.90. The zero-order valence-corrected chi connectivity index (χ0v) is 10.5. The molecule has 2 rings (SSSR count). The van der Waals surface area contributed by atoms with E-state index in [4.69, 9.17) is 0 Å². The van der Waals surface area contributed by atoms with Crippen LogP contribution in [0.3, 0.4) is 0 Å². The molecule has 6 heteroatoms. The number of esters is 1. The highest BCUT2D eigenvalue weighted by Gasteiger charge is 2.65. The minimum atomic E-state index is -2.88. The third-order valence-corrected chi connectivity index (χ3v) is 5.12. The van der Waals surface area contributed by atoms with Gasteiger partial charge < -0.3 is 9.84 Å². The molecule has 1 saturated heterocycles. The highest BCUT2D eigenvalue weighted by molar-refractivity contribution is 7.99. The Hall–Kier alpha value is -0.360. The standard InChI is InChI=1S/C11H16F2O3S/c1-16-8(14)9(2-3-11(12,13)6-9)10(15)4-5-17-7-10/h15H,2-7H2,1H3. The monoisotopic (exact) mass is 266 g/mol. The van der Waals surface area contributed by atoms with Crippen molar-refractivity contribution in [1.82, 2.24) is 0 Å². The maximum Gasteiger partial charge on any atom is 0.315 e. The summed E-state index contributed by atoms with van der Waals surface area (Å²) in [5, 5.41) is 10.5. The molecular formula is C11H16F2O3S. The Morgan fingerprint density at radius 2 is 2.06 bits per heavy atom. The molecule has 2 aliphatic rings. The van der Waals surface area contributed by atoms with Crippen molar-refractivity contribution < 1.29 is 23.4 Å². The lowest BCUT2D eigenvalue weighted by molar-refractivity contribution is -0.173. The summed E-state index contributed by atoms with van der Waals surface area (Å²) in [6.45, 7) is 0. The molecule has 1 aliphatic carbocycles. The number of carbonyl (C=O) groups is 1. The Morgan fingerprint density at radius 1 is 1.35 bits per heavy atom. The van der Waals surface area contributed by atoms with Crippen molar-refractivity contribution in [3.05, 3.63) is 0 Å². The molecule has 0 aromatic rings. The summed E-state index contributed by atoms with van der Waals surface area (Å²) in [6.07, 6.45) is -0.564. The minimum Gasteiger partial charge on any atom is -0.469 e. The molecular weight excluding hydrogens is 250 g/mol. The van der Waals surface area contributed by atoms with Crippen LogP contribution in [0.5, 0.6) is 0 Å². The average molecular weight is 266 g/mol. The van der Waals surface area contributed by atoms with Crippen LogP contribution in [0.2, 0.25) is 0 Å². The van der Waals surface area contributed by atoms with E-state index in [1.54, 1.807) is 0 Å². The first-order valence-electron chi connectivity index (χ1n) is 5.62. The third kappa shape index (κ3) is 1.95. The van der Waals surface area contributed by atoms with Crippen LogP contribution < -0.4 is 0 Å². The fourth-order valence-corrected chi connectivity index (χ4v) is 4.29. The first-order chi connectivity index (χ1) is 7.85. The van der Waals surface area contributed by atoms with E-state index in [0.717, 1.165) is 0 Å². The number of aliphatic hydroxyl groups is 1. The molecule has 1 saturated carbocycles. The number of hydrogen-bond donors (Lipinski definition) is 1. The maximum atomic E-state index is 13.4. The average Bonchev–Trinajstić information content (AvgIpc) is 2.83. The van der Waals surface area contributed by atoms with Gasteiger partial charge in [-0.1, -0.05) is 0 Å². The summed E-state index contributed by atoms with van der Waals surface area (Å²) in [5.41, 5.74) is -2.76. The Morgan fingerprint density at radius 3 is 2.47 bits per heavy atom. The predicted octanol–water partition coefficient (Wildman–Crippen LogP) is 1.83. The molecule has 0 spiro atoms. The van der Waals surface area contributed by atoms with Crippen LogP contribution >= 0.6 is 11.8 Å². The number of halogens is 2. The molecule has 0 aromatic carbocycles. The van der Waals surface area contributed by atoms with E-state index in [0.29, 0.717) is 17.9 Å². The van der Waals surface area contributed by atoms with Gasteiger partial charge in [0.1, 0.15) is 5.41 Å². The van der Waals surface area contributed by atoms with Gasteiger partial charge in [-0.25, -0.2) is 8.78 Å². The van der Waals surface area contributed by atoms with Gasteiger partial charge in [0.2, 0.25) is 5.92 Å². The van der Waals surface area contributed by atoms with Gasteiger partial charge in [0.05, 0.1) is 12.7 Å². The van der Waals surface area contributed by atoms with Crippen LogP contribution in [0.1, 0.15) is 25.7 Å². The summed E-state index contributed by atoms with van der Waals surface area (Å²) in [4.78, 5) is 11.9. The number of alkyl halides is 2. The van der Waals surface area contributed by atoms with Crippen molar-refractivity contribution in [2.45, 2.75) is 37.2 Å². The number of rotatable bonds is 2. The third-order valence-electron chi connectivity index (χ3n) is 3.95. The van der Waals surface area contributed by atoms with Crippen LogP contribution in [0, 0.1) is 5.41 Å². The molecule has 98 valence electrons. The largest absolute Gasteiger partial charge is 0.469 e. The number of thioether (sulfide) groups is 1. The Bertz CT molecular complexity index is 329. The molecule has 2 unspecified atom stereocenters. The lowest BCUT2D eigenvalue weighted by Crippen LogP contribution is -2.53. The summed E-state index contributed by atoms with van der Waals surface area (Å²) in [5.74, 6) is -2.55. The molecule has 1 heterocycles. The number of carbonyl (C=O) groups excluding carboxylic acids is 1. The van der Waals surface area contributed by atoms with Crippen molar-refractivity contribution in [1.29, 1.82) is 0 Å². The summed E-state index contributed by atoms with van der Waals surface area (Å²) in [7, 11) is 1.19. The van der Waals surface area contributed by atoms with Crippen molar-refractivity contribution >= 4 is 17.7 Å². The molecule has 0 bridgehead atoms. The highest BCUT2D eigenvalue weighted by atomic mass is 32.2. The van der Waals surface area contributed by atoms with Crippen molar-refractivity contribution in [3.8, 4) is 0 Å². The highest BCUT2D eigenvalue weighted by Crippen LogP contribution is 2.57. The Balaban J connectivity index is 2.35. The van der Waals surface area contributed by atoms with Gasteiger partial charge in [-0.2, -0.15) is 11.8 Å². The van der Waals surface area contributed by atoms with E-state index in [1.807, 2.05) is 0 Å². The summed E-state index contributed by atoms with van der Waals surface area (Å²) in [6, 6.07) is 0. The van der Waals surface area contributed by atoms with Gasteiger partial charge >= 0.3 is 5.97 Å². The number of ether oxygens (including phenoxy) is 1. The molecule has 0 radical (unpaired) electrons. The van der Waals surface area contributed by atoms with E-state index >= 15 is 0 Å². The zero-order valence-electron chi connectivity index (χ0n) is 9.67. The van der Waals surface area contributed by atoms with Gasteiger partial charge in [0.25, 0.3) is 0 Å². The molecule has 3 nitrogen and oxygen atoms in total. The number of methoxy groups -OCH3 is 1. The van der Waals surface area contributed by atoms with E-state index in [-0.39, 0.29) is 12.8 Å². The molecule has 0 amide bonds. The second kappa shape index (κ2) is 4.09. The molecule has 0 aromatic heterocycles. The SMILES string of the molecule is COC(=O)C1(C2(O)CCSC2)CCC(F)(F)C1. The maximum absolute atomic E-state index is 13.4. The van der Waals surface area contributed by atoms with Gasteiger partial charge in [0.15, 0.2) is 0 Å². The Labute approximate surface area is 103 Å². The molecule has 2 atom stereocenters. The normalized spacial score (nSPS) is 40.5. The van der Waals surface area contributed by atoms with Gasteiger partial charge in [-0.3, -0.25) is 4.79 Å². The lowest BCUT2D eigenvalue weighted by atomic mass is 9.69. The van der Waals surface area contributed by atoms with Crippen LogP contribution in [0.15, 0.2) is 0 Å². The van der Waals surface area contributed by atoms with Crippen molar-refractivity contribution in [3.63, 3.8) is 0 Å². The van der Waals surface area contributed by atoms with Crippen LogP contribution in [0.4, 0.5) is 8.78 Å². The predicted molar refractivity (Wildman–Crippen MR) is 60.1 cm³/mol. The second-order valence-corrected chi connectivity index (χ2v) is 6.05. The van der Waals surface area contributed by atoms with E-state index < -0.39 is 29.3 Å². The quantitative estimate of drug-likeness (QED) is 0.775. The van der Waals surface area contributed by atoms with Crippen molar-refractivity contribution in [2.75, 3.05) is 18.6 Å². The van der Waals surface area contributed by atoms with Gasteiger partial charge in [-0.15, -0.1) is 0 Å². The lowest BCUT2D eigenvalue weighted by Gasteiger charge is -2.39. The van der Waals surface area contributed by atoms with Crippen molar-refractivity contribution in [2.24, 2.45) is 5.41 Å². The number of hydrogen-bond acceptors (Lipinski definition) is 4. The first-order valence-corrected chi connectivity index (χ1v) is 6.77. The summed E-state index contributed by atoms with van der Waals surface area (Å²) >= 11 is 1.49. The summed E-state index contributed by atoms with van der Waals surface area (Å²) < 4.78 is 31.5. The first kappa shape index (κ1) is 13.1. The smallest absolute Gasteiger partial charge is 0.315 e. The Kier molecular flexibility index (Phi) is 3.14. The van der Waals surface area contributed by atoms with Gasteiger partial charge in [-0.05, 0) is 18.6 Å². The zero-order chi connectivity index (χ0) is 12.7. The van der Waals surface area contributed by atoms with Gasteiger partial charge in [0, 0.05) is 18.6 Å². The van der Waals surface area contributed by atoms with E-state index in [1.165, 1.54) is 18.9 Å². The van der Waals surface area contributed by atoms with Crippen LogP contribution in [-0.2, 0) is 9.53 Å². The van der Waals surface area contributed by atoms with Crippen LogP contribution in [-0.4, -0.2) is 41.2 Å².